The molecule has 1 aromatic rings. The number of carboxylic acid groups (broad SMARTS) is 1. The Bertz CT molecular complexity index is 1030. The van der Waals surface area contributed by atoms with Crippen LogP contribution in [-0.4, -0.2) is 75.2 Å². The van der Waals surface area contributed by atoms with E-state index in [1.807, 2.05) is 6.07 Å². The topological polar surface area (TPSA) is 197 Å². The van der Waals surface area contributed by atoms with E-state index in [-0.39, 0.29) is 19.4 Å². The van der Waals surface area contributed by atoms with E-state index >= 15 is 0 Å². The molecule has 192 valence electrons. The maximum Gasteiger partial charge on any atom is 0.407 e. The number of carbonyl (C=O) groups is 5. The Morgan fingerprint density at radius 1 is 0.943 bits per heavy atom. The van der Waals surface area contributed by atoms with Gasteiger partial charge in [-0.25, -0.2) is 13.2 Å². The molecule has 35 heavy (non-hydrogen) atoms. The van der Waals surface area contributed by atoms with Crippen molar-refractivity contribution in [3.05, 3.63) is 47.4 Å². The number of benzene rings is 1. The van der Waals surface area contributed by atoms with Gasteiger partial charge in [0.05, 0.1) is 13.1 Å². The van der Waals surface area contributed by atoms with Crippen LogP contribution in [-0.2, 0) is 40.4 Å². The summed E-state index contributed by atoms with van der Waals surface area (Å²) in [7, 11) is -3.48. The molecule has 0 spiro atoms. The lowest BCUT2D eigenvalue weighted by Crippen LogP contribution is -2.45. The second kappa shape index (κ2) is 15.1. The average Bonchev–Trinajstić information content (AvgIpc) is 2.80. The molecule has 0 saturated carbocycles. The van der Waals surface area contributed by atoms with Crippen molar-refractivity contribution in [1.82, 2.24) is 21.3 Å². The van der Waals surface area contributed by atoms with Gasteiger partial charge in [-0.1, -0.05) is 36.4 Å². The van der Waals surface area contributed by atoms with Crippen LogP contribution in [0.4, 0.5) is 4.79 Å². The second-order valence-corrected chi connectivity index (χ2v) is 9.16. The Balaban J connectivity index is 2.31. The molecule has 1 atom stereocenters. The Morgan fingerprint density at radius 2 is 1.51 bits per heavy atom. The fraction of sp³-hybridized carbons (Fsp3) is 0.381. The van der Waals surface area contributed by atoms with Gasteiger partial charge >= 0.3 is 12.1 Å². The first-order chi connectivity index (χ1) is 16.4. The zero-order valence-electron chi connectivity index (χ0n) is 19.0. The van der Waals surface area contributed by atoms with Gasteiger partial charge in [-0.15, -0.1) is 0 Å². The first-order valence-electron chi connectivity index (χ1n) is 10.3. The third-order valence-electron chi connectivity index (χ3n) is 4.07. The van der Waals surface area contributed by atoms with Crippen LogP contribution in [0.25, 0.3) is 0 Å². The number of carboxylic acids is 1. The fourth-order valence-corrected chi connectivity index (χ4v) is 2.88. The molecular formula is C21H28N4O9S. The molecule has 0 aliphatic rings. The van der Waals surface area contributed by atoms with Crippen LogP contribution < -0.4 is 21.3 Å². The van der Waals surface area contributed by atoms with E-state index in [0.29, 0.717) is 0 Å². The average molecular weight is 513 g/mol. The van der Waals surface area contributed by atoms with Gasteiger partial charge in [0.15, 0.2) is 9.84 Å². The number of carbonyl (C=O) groups excluding carboxylic acids is 4. The minimum absolute atomic E-state index is 0.0278. The zero-order valence-corrected chi connectivity index (χ0v) is 19.8. The normalized spacial score (nSPS) is 11.8. The molecule has 0 fully saturated rings. The number of ether oxygens (including phenoxy) is 1. The van der Waals surface area contributed by atoms with Gasteiger partial charge in [0.1, 0.15) is 13.2 Å². The maximum atomic E-state index is 12.0. The molecule has 0 aromatic heterocycles. The smallest absolute Gasteiger partial charge is 0.407 e. The molecule has 0 radical (unpaired) electrons. The van der Waals surface area contributed by atoms with E-state index in [4.69, 9.17) is 9.84 Å². The van der Waals surface area contributed by atoms with Gasteiger partial charge in [0.2, 0.25) is 17.7 Å². The third-order valence-corrected chi connectivity index (χ3v) is 4.72. The summed E-state index contributed by atoms with van der Waals surface area (Å²) in [5.74, 6) is -3.18. The summed E-state index contributed by atoms with van der Waals surface area (Å²) >= 11 is 0. The van der Waals surface area contributed by atoms with Gasteiger partial charge in [-0.05, 0) is 12.0 Å². The highest BCUT2D eigenvalue weighted by Crippen LogP contribution is 2.02. The van der Waals surface area contributed by atoms with Crippen molar-refractivity contribution in [1.29, 1.82) is 0 Å². The molecule has 1 rings (SSSR count). The number of hydrogen-bond donors (Lipinski definition) is 5. The molecule has 0 bridgehead atoms. The lowest BCUT2D eigenvalue weighted by molar-refractivity contribution is -0.137. The first-order valence-corrected chi connectivity index (χ1v) is 12.3. The molecule has 5 N–H and O–H groups in total. The lowest BCUT2D eigenvalue weighted by Gasteiger charge is -2.14. The summed E-state index contributed by atoms with van der Waals surface area (Å²) in [5.41, 5.74) is 0.771. The van der Waals surface area contributed by atoms with Crippen molar-refractivity contribution in [2.75, 3.05) is 25.9 Å². The van der Waals surface area contributed by atoms with Crippen LogP contribution in [0.5, 0.6) is 0 Å². The van der Waals surface area contributed by atoms with Crippen LogP contribution in [0.1, 0.15) is 18.4 Å². The fourth-order valence-electron chi connectivity index (χ4n) is 2.40. The molecule has 0 aliphatic carbocycles. The molecular weight excluding hydrogens is 484 g/mol. The molecule has 0 aliphatic heterocycles. The monoisotopic (exact) mass is 512 g/mol. The van der Waals surface area contributed by atoms with Crippen LogP contribution in [0.3, 0.4) is 0 Å². The number of nitrogens with one attached hydrogen (secondary N) is 4. The number of aliphatic carboxylic acids is 1. The van der Waals surface area contributed by atoms with Crippen molar-refractivity contribution in [3.63, 3.8) is 0 Å². The highest BCUT2D eigenvalue weighted by molar-refractivity contribution is 7.93. The molecule has 0 heterocycles. The van der Waals surface area contributed by atoms with E-state index in [9.17, 15) is 32.4 Å². The zero-order chi connectivity index (χ0) is 26.3. The summed E-state index contributed by atoms with van der Waals surface area (Å²) in [5, 5.41) is 18.7. The van der Waals surface area contributed by atoms with E-state index in [1.165, 1.54) is 0 Å². The standard InChI is InChI=1S/C21H28N4O9S/c1-35(32,33)10-9-16(7-8-20(29)30)25-19(28)13-23-17(26)11-22-18(27)12-24-21(31)34-14-15-5-3-2-4-6-15/h2-6,9-10,16H,7-8,11-14H2,1H3,(H,22,27)(H,23,26)(H,24,31)(H,25,28)(H,29,30)/b10-9+/t16-/m0/s1. The van der Waals surface area contributed by atoms with Gasteiger partial charge in [0, 0.05) is 24.1 Å². The Hall–Kier alpha value is -3.94. The Labute approximate surface area is 202 Å². The summed E-state index contributed by atoms with van der Waals surface area (Å²) < 4.78 is 27.4. The van der Waals surface area contributed by atoms with Crippen LogP contribution >= 0.6 is 0 Å². The van der Waals surface area contributed by atoms with Crippen molar-refractivity contribution >= 4 is 39.6 Å². The third kappa shape index (κ3) is 15.5. The van der Waals surface area contributed by atoms with Crippen molar-refractivity contribution < 1.29 is 42.2 Å². The number of alkyl carbamates (subject to hydrolysis) is 1. The Kier molecular flexibility index (Phi) is 12.5. The number of amides is 4. The van der Waals surface area contributed by atoms with Gasteiger partial charge in [0.25, 0.3) is 0 Å². The Morgan fingerprint density at radius 3 is 2.09 bits per heavy atom. The summed E-state index contributed by atoms with van der Waals surface area (Å²) in [6, 6.07) is 8.04. The minimum atomic E-state index is -3.48. The number of hydrogen-bond acceptors (Lipinski definition) is 8. The number of rotatable bonds is 14. The van der Waals surface area contributed by atoms with E-state index < -0.39 is 65.3 Å². The summed E-state index contributed by atoms with van der Waals surface area (Å²) in [6.07, 6.45) is 0.906. The van der Waals surface area contributed by atoms with Crippen LogP contribution in [0, 0.1) is 0 Å². The van der Waals surface area contributed by atoms with Crippen molar-refractivity contribution in [3.8, 4) is 0 Å². The predicted octanol–water partition coefficient (Wildman–Crippen LogP) is -0.947. The summed E-state index contributed by atoms with van der Waals surface area (Å²) in [6.45, 7) is -1.36. The summed E-state index contributed by atoms with van der Waals surface area (Å²) in [4.78, 5) is 57.9. The largest absolute Gasteiger partial charge is 0.481 e. The molecule has 0 unspecified atom stereocenters. The highest BCUT2D eigenvalue weighted by atomic mass is 32.2. The van der Waals surface area contributed by atoms with E-state index in [0.717, 1.165) is 23.3 Å². The van der Waals surface area contributed by atoms with Crippen molar-refractivity contribution in [2.24, 2.45) is 0 Å². The molecule has 14 heteroatoms. The van der Waals surface area contributed by atoms with Gasteiger partial charge in [-0.2, -0.15) is 0 Å². The quantitative estimate of drug-likeness (QED) is 0.209. The van der Waals surface area contributed by atoms with Crippen molar-refractivity contribution in [2.45, 2.75) is 25.5 Å². The van der Waals surface area contributed by atoms with Crippen LogP contribution in [0.2, 0.25) is 0 Å². The van der Waals surface area contributed by atoms with E-state index in [1.54, 1.807) is 24.3 Å². The second-order valence-electron chi connectivity index (χ2n) is 7.23. The van der Waals surface area contributed by atoms with Crippen LogP contribution in [0.15, 0.2) is 41.8 Å². The SMILES string of the molecule is CS(=O)(=O)/C=C/[C@H](CCC(=O)O)NC(=O)CNC(=O)CNC(=O)CNC(=O)OCc1ccccc1. The molecule has 13 nitrogen and oxygen atoms in total. The molecule has 4 amide bonds. The molecule has 0 saturated heterocycles. The lowest BCUT2D eigenvalue weighted by atomic mass is 10.1. The predicted molar refractivity (Wildman–Crippen MR) is 123 cm³/mol. The van der Waals surface area contributed by atoms with Gasteiger partial charge < -0.3 is 31.1 Å². The van der Waals surface area contributed by atoms with Gasteiger partial charge in [-0.3, -0.25) is 19.2 Å². The maximum absolute atomic E-state index is 12.0. The first kappa shape index (κ1) is 29.1. The minimum Gasteiger partial charge on any atom is -0.481 e. The molecule has 1 aromatic carbocycles. The number of sulfone groups is 1. The highest BCUT2D eigenvalue weighted by Gasteiger charge is 2.14. The van der Waals surface area contributed by atoms with E-state index in [2.05, 4.69) is 21.3 Å².